The second-order valence-electron chi connectivity index (χ2n) is 14.3. The van der Waals surface area contributed by atoms with Crippen molar-refractivity contribution in [1.82, 2.24) is 14.7 Å². The van der Waals surface area contributed by atoms with Gasteiger partial charge < -0.3 is 9.64 Å². The first-order valence-electron chi connectivity index (χ1n) is 15.3. The summed E-state index contributed by atoms with van der Waals surface area (Å²) in [7, 11) is 0. The lowest BCUT2D eigenvalue weighted by molar-refractivity contribution is -0.163. The molecule has 0 spiro atoms. The predicted molar refractivity (Wildman–Crippen MR) is 166 cm³/mol. The molecule has 0 N–H and O–H groups in total. The van der Waals surface area contributed by atoms with Crippen LogP contribution in [0.5, 0.6) is 0 Å². The van der Waals surface area contributed by atoms with Gasteiger partial charge in [0.15, 0.2) is 0 Å². The monoisotopic (exact) mass is 635 g/mol. The largest absolute Gasteiger partial charge is 0.459 e. The van der Waals surface area contributed by atoms with Gasteiger partial charge in [0.05, 0.1) is 5.92 Å². The minimum Gasteiger partial charge on any atom is -0.459 e. The van der Waals surface area contributed by atoms with Crippen LogP contribution in [0, 0.1) is 30.3 Å². The molecule has 0 saturated carbocycles. The van der Waals surface area contributed by atoms with Crippen LogP contribution in [0.15, 0.2) is 30.3 Å². The number of likely N-dealkylation sites (tertiary alicyclic amines) is 1. The van der Waals surface area contributed by atoms with Gasteiger partial charge in [-0.3, -0.25) is 19.4 Å². The molecular weight excluding hydrogens is 591 g/mol. The molecule has 0 unspecified atom stereocenters. The molecule has 4 rings (SSSR count). The Bertz CT molecular complexity index is 1370. The second-order valence-corrected chi connectivity index (χ2v) is 14.7. The van der Waals surface area contributed by atoms with E-state index in [1.54, 1.807) is 44.7 Å². The highest BCUT2D eigenvalue weighted by Crippen LogP contribution is 2.39. The molecule has 4 atom stereocenters. The number of hydrogen-bond acceptors (Lipinski definition) is 5. The molecule has 0 aliphatic carbocycles. The number of carbonyl (C=O) groups excluding carboxylic acids is 2. The number of esters is 1. The summed E-state index contributed by atoms with van der Waals surface area (Å²) in [6.45, 7) is 16.9. The molecule has 6 nitrogen and oxygen atoms in total. The number of halogens is 4. The Morgan fingerprint density at radius 3 is 2.14 bits per heavy atom. The topological polar surface area (TPSA) is 53.1 Å². The minimum absolute atomic E-state index is 0.0762. The Kier molecular flexibility index (Phi) is 10.1. The molecule has 2 fully saturated rings. The zero-order valence-corrected chi connectivity index (χ0v) is 27.8. The number of ether oxygens (including phenoxy) is 1. The quantitative estimate of drug-likeness (QED) is 0.346. The van der Waals surface area contributed by atoms with E-state index in [1.807, 2.05) is 11.8 Å². The molecule has 2 saturated heterocycles. The van der Waals surface area contributed by atoms with Crippen LogP contribution in [-0.2, 0) is 20.7 Å². The van der Waals surface area contributed by atoms with Crippen LogP contribution in [0.2, 0.25) is 5.02 Å². The highest BCUT2D eigenvalue weighted by atomic mass is 35.5. The van der Waals surface area contributed by atoms with Crippen molar-refractivity contribution in [2.45, 2.75) is 91.0 Å². The Balaban J connectivity index is 1.58. The lowest BCUT2D eigenvalue weighted by Gasteiger charge is -2.44. The number of rotatable bonds is 6. The summed E-state index contributed by atoms with van der Waals surface area (Å²) in [4.78, 5) is 33.5. The van der Waals surface area contributed by atoms with Crippen LogP contribution in [0.3, 0.4) is 0 Å². The van der Waals surface area contributed by atoms with Crippen molar-refractivity contribution < 1.29 is 27.5 Å². The normalized spacial score (nSPS) is 22.7. The fraction of sp³-hybridized carbons (Fsp3) is 0.588. The van der Waals surface area contributed by atoms with Crippen molar-refractivity contribution in [1.29, 1.82) is 0 Å². The SMILES string of the molecule is Cc1cc(F)c(C[C@@H](C(=O)OC(C)(C)C)N2CCN(C(=O)[C@@H]3CN(C(C)(C)C)C[C@H]3c3ccc(Cl)cc3F)[C@@H](C)C2)c(F)c1. The smallest absolute Gasteiger partial charge is 0.324 e. The number of hydrogen-bond donors (Lipinski definition) is 0. The van der Waals surface area contributed by atoms with E-state index in [9.17, 15) is 18.4 Å². The van der Waals surface area contributed by atoms with Crippen LogP contribution in [0.4, 0.5) is 13.2 Å². The molecule has 242 valence electrons. The van der Waals surface area contributed by atoms with E-state index < -0.39 is 41.0 Å². The van der Waals surface area contributed by atoms with Crippen LogP contribution in [-0.4, -0.2) is 82.5 Å². The van der Waals surface area contributed by atoms with Gasteiger partial charge in [0.2, 0.25) is 5.91 Å². The Morgan fingerprint density at radius 2 is 1.59 bits per heavy atom. The third-order valence-corrected chi connectivity index (χ3v) is 8.93. The summed E-state index contributed by atoms with van der Waals surface area (Å²) in [5.74, 6) is -3.32. The van der Waals surface area contributed by atoms with Gasteiger partial charge in [-0.05, 0) is 90.8 Å². The highest BCUT2D eigenvalue weighted by Gasteiger charge is 2.46. The molecule has 2 aliphatic heterocycles. The molecule has 2 heterocycles. The van der Waals surface area contributed by atoms with Gasteiger partial charge in [-0.25, -0.2) is 13.2 Å². The molecule has 2 aliphatic rings. The van der Waals surface area contributed by atoms with E-state index >= 15 is 4.39 Å². The molecule has 0 radical (unpaired) electrons. The molecular formula is C34H45ClF3N3O3. The van der Waals surface area contributed by atoms with E-state index in [0.29, 0.717) is 48.9 Å². The van der Waals surface area contributed by atoms with Crippen LogP contribution in [0.1, 0.15) is 71.1 Å². The van der Waals surface area contributed by atoms with Gasteiger partial charge in [-0.15, -0.1) is 0 Å². The van der Waals surface area contributed by atoms with Crippen molar-refractivity contribution in [3.05, 3.63) is 69.5 Å². The van der Waals surface area contributed by atoms with E-state index in [0.717, 1.165) is 0 Å². The van der Waals surface area contributed by atoms with Crippen LogP contribution < -0.4 is 0 Å². The third-order valence-electron chi connectivity index (χ3n) is 8.69. The number of carbonyl (C=O) groups is 2. The number of piperazine rings is 1. The molecule has 10 heteroatoms. The Hall–Kier alpha value is -2.62. The van der Waals surface area contributed by atoms with Crippen molar-refractivity contribution >= 4 is 23.5 Å². The molecule has 1 amide bonds. The maximum Gasteiger partial charge on any atom is 0.324 e. The average Bonchev–Trinajstić information content (AvgIpc) is 3.32. The predicted octanol–water partition coefficient (Wildman–Crippen LogP) is 6.37. The van der Waals surface area contributed by atoms with Crippen molar-refractivity contribution in [2.24, 2.45) is 5.92 Å². The number of amides is 1. The van der Waals surface area contributed by atoms with Gasteiger partial charge in [-0.1, -0.05) is 17.7 Å². The minimum atomic E-state index is -0.945. The van der Waals surface area contributed by atoms with Gasteiger partial charge in [0.25, 0.3) is 0 Å². The van der Waals surface area contributed by atoms with E-state index in [1.165, 1.54) is 18.2 Å². The molecule has 0 aromatic heterocycles. The third kappa shape index (κ3) is 7.77. The first-order valence-corrected chi connectivity index (χ1v) is 15.7. The summed E-state index contributed by atoms with van der Waals surface area (Å²) in [5, 5.41) is 0.300. The fourth-order valence-electron chi connectivity index (χ4n) is 6.38. The standard InChI is InChI=1S/C34H45ClF3N3O3/c1-20-13-27(36)24(28(37)14-20)16-30(32(43)44-34(6,7)8)39-11-12-41(21(2)17-39)31(42)26-19-40(33(3,4)5)18-25(26)23-10-9-22(35)15-29(23)38/h9-10,13-15,21,25-26,30H,11-12,16-19H2,1-8H3/t21-,25-,26+,30-/m0/s1. The number of nitrogens with zero attached hydrogens (tertiary/aromatic N) is 3. The molecule has 0 bridgehead atoms. The lowest BCUT2D eigenvalue weighted by atomic mass is 9.87. The van der Waals surface area contributed by atoms with Gasteiger partial charge in [-0.2, -0.15) is 0 Å². The van der Waals surface area contributed by atoms with Crippen LogP contribution in [0.25, 0.3) is 0 Å². The molecule has 44 heavy (non-hydrogen) atoms. The summed E-state index contributed by atoms with van der Waals surface area (Å²) in [6, 6.07) is 5.87. The van der Waals surface area contributed by atoms with Gasteiger partial charge >= 0.3 is 5.97 Å². The summed E-state index contributed by atoms with van der Waals surface area (Å²) in [6.07, 6.45) is -0.200. The van der Waals surface area contributed by atoms with Crippen molar-refractivity contribution in [3.8, 4) is 0 Å². The lowest BCUT2D eigenvalue weighted by Crippen LogP contribution is -2.60. The van der Waals surface area contributed by atoms with E-state index in [-0.39, 0.29) is 35.4 Å². The number of benzene rings is 2. The van der Waals surface area contributed by atoms with Gasteiger partial charge in [0, 0.05) is 67.2 Å². The summed E-state index contributed by atoms with van der Waals surface area (Å²) >= 11 is 6.03. The zero-order chi connectivity index (χ0) is 32.7. The fourth-order valence-corrected chi connectivity index (χ4v) is 6.54. The highest BCUT2D eigenvalue weighted by molar-refractivity contribution is 6.30. The van der Waals surface area contributed by atoms with Crippen LogP contribution >= 0.6 is 11.6 Å². The van der Waals surface area contributed by atoms with Crippen molar-refractivity contribution in [2.75, 3.05) is 32.7 Å². The maximum atomic E-state index is 15.1. The Labute approximate surface area is 264 Å². The summed E-state index contributed by atoms with van der Waals surface area (Å²) < 4.78 is 50.6. The van der Waals surface area contributed by atoms with Gasteiger partial charge in [0.1, 0.15) is 29.1 Å². The first-order chi connectivity index (χ1) is 20.4. The molecule has 2 aromatic rings. The second kappa shape index (κ2) is 13.0. The van der Waals surface area contributed by atoms with E-state index in [4.69, 9.17) is 16.3 Å². The first kappa shape index (κ1) is 34.3. The summed E-state index contributed by atoms with van der Waals surface area (Å²) in [5.41, 5.74) is -0.262. The zero-order valence-electron chi connectivity index (χ0n) is 27.0. The number of aryl methyl sites for hydroxylation is 1. The molecule has 2 aromatic carbocycles. The van der Waals surface area contributed by atoms with Crippen molar-refractivity contribution in [3.63, 3.8) is 0 Å². The van der Waals surface area contributed by atoms with E-state index in [2.05, 4.69) is 25.7 Å². The average molecular weight is 636 g/mol. The Morgan fingerprint density at radius 1 is 0.955 bits per heavy atom. The maximum absolute atomic E-state index is 15.1.